The minimum Gasteiger partial charge on any atom is -0.406 e. The number of aromatic nitrogens is 4. The van der Waals surface area contributed by atoms with Crippen LogP contribution in [0.1, 0.15) is 19.8 Å². The lowest BCUT2D eigenvalue weighted by Crippen LogP contribution is -2.61. The van der Waals surface area contributed by atoms with E-state index in [9.17, 15) is 18.0 Å². The fourth-order valence-corrected chi connectivity index (χ4v) is 4.60. The highest BCUT2D eigenvalue weighted by Gasteiger charge is 2.46. The summed E-state index contributed by atoms with van der Waals surface area (Å²) in [5.41, 5.74) is 0.861. The van der Waals surface area contributed by atoms with Gasteiger partial charge in [0.15, 0.2) is 5.82 Å². The third kappa shape index (κ3) is 5.31. The Morgan fingerprint density at radius 1 is 1.08 bits per heavy atom. The molecule has 2 fully saturated rings. The third-order valence-corrected chi connectivity index (χ3v) is 6.50. The number of nitrogens with one attached hydrogen (secondary N) is 1. The number of likely N-dealkylation sites (tertiary alicyclic amines) is 1. The van der Waals surface area contributed by atoms with Crippen LogP contribution in [0.2, 0.25) is 0 Å². The lowest BCUT2D eigenvalue weighted by Gasteiger charge is -2.54. The van der Waals surface area contributed by atoms with Gasteiger partial charge in [0.05, 0.1) is 0 Å². The van der Waals surface area contributed by atoms with E-state index in [0.29, 0.717) is 23.0 Å². The zero-order valence-corrected chi connectivity index (χ0v) is 19.5. The monoisotopic (exact) mass is 499 g/mol. The number of amides is 1. The number of rotatable bonds is 5. The maximum atomic E-state index is 12.6. The minimum absolute atomic E-state index is 0.106. The zero-order chi connectivity index (χ0) is 25.3. The highest BCUT2D eigenvalue weighted by molar-refractivity contribution is 5.74. The number of carbonyl (C=O) groups is 1. The molecule has 1 spiro atoms. The van der Waals surface area contributed by atoms with Gasteiger partial charge in [-0.2, -0.15) is 0 Å². The lowest BCUT2D eigenvalue weighted by atomic mass is 9.72. The molecule has 2 aliphatic heterocycles. The summed E-state index contributed by atoms with van der Waals surface area (Å²) in [7, 11) is 0. The molecule has 5 heterocycles. The number of hydrogen-bond acceptors (Lipinski definition) is 8. The van der Waals surface area contributed by atoms with Crippen LogP contribution in [-0.2, 0) is 4.79 Å². The first-order valence-corrected chi connectivity index (χ1v) is 11.5. The van der Waals surface area contributed by atoms with Crippen molar-refractivity contribution in [3.63, 3.8) is 0 Å². The Morgan fingerprint density at radius 3 is 2.53 bits per heavy atom. The molecule has 2 aliphatic rings. The number of nitrogens with zero attached hydrogens (tertiary/aromatic N) is 6. The van der Waals surface area contributed by atoms with Gasteiger partial charge in [0.1, 0.15) is 23.2 Å². The SMILES string of the molecule is CC(=O)N1CC2(CCN(c3cc(Nc4cc(OC(F)(F)F)ccn4)nc(-c4cccnc4)n3)CC2)C1. The number of anilines is 3. The molecule has 188 valence electrons. The average molecular weight is 499 g/mol. The molecule has 3 aromatic heterocycles. The quantitative estimate of drug-likeness (QED) is 0.562. The molecule has 0 aromatic carbocycles. The Kier molecular flexibility index (Phi) is 6.10. The van der Waals surface area contributed by atoms with Gasteiger partial charge in [-0.1, -0.05) is 0 Å². The Labute approximate surface area is 205 Å². The summed E-state index contributed by atoms with van der Waals surface area (Å²) in [4.78, 5) is 33.2. The summed E-state index contributed by atoms with van der Waals surface area (Å²) in [5.74, 6) is 1.36. The van der Waals surface area contributed by atoms with Gasteiger partial charge < -0.3 is 19.9 Å². The molecular formula is C24H24F3N7O2. The van der Waals surface area contributed by atoms with Crippen molar-refractivity contribution in [2.24, 2.45) is 5.41 Å². The normalized spacial score (nSPS) is 17.0. The van der Waals surface area contributed by atoms with Crippen molar-refractivity contribution in [1.82, 2.24) is 24.8 Å². The van der Waals surface area contributed by atoms with Gasteiger partial charge in [-0.15, -0.1) is 13.2 Å². The molecule has 36 heavy (non-hydrogen) atoms. The Balaban J connectivity index is 1.38. The van der Waals surface area contributed by atoms with Gasteiger partial charge in [0.2, 0.25) is 5.91 Å². The molecule has 2 saturated heterocycles. The van der Waals surface area contributed by atoms with E-state index in [1.54, 1.807) is 31.5 Å². The van der Waals surface area contributed by atoms with E-state index in [1.807, 2.05) is 11.0 Å². The number of ether oxygens (including phenoxy) is 1. The molecule has 12 heteroatoms. The predicted octanol–water partition coefficient (Wildman–Crippen LogP) is 4.02. The lowest BCUT2D eigenvalue weighted by molar-refractivity contribution is -0.274. The van der Waals surface area contributed by atoms with Crippen molar-refractivity contribution in [1.29, 1.82) is 0 Å². The van der Waals surface area contributed by atoms with Crippen LogP contribution in [0.5, 0.6) is 5.75 Å². The molecule has 0 bridgehead atoms. The standard InChI is InChI=1S/C24H24F3N7O2/c1-16(35)34-14-23(15-34)5-9-33(10-6-23)21-12-20(31-22(32-21)17-3-2-7-28-13-17)30-19-11-18(4-8-29-19)36-24(25,26)27/h2-4,7-8,11-13H,5-6,9-10,14-15H2,1H3,(H,29,30,31,32). The maximum absolute atomic E-state index is 12.6. The second-order valence-electron chi connectivity index (χ2n) is 9.09. The van der Waals surface area contributed by atoms with Crippen LogP contribution in [0.4, 0.5) is 30.6 Å². The van der Waals surface area contributed by atoms with E-state index in [1.165, 1.54) is 6.20 Å². The summed E-state index contributed by atoms with van der Waals surface area (Å²) in [6.45, 7) is 4.70. The van der Waals surface area contributed by atoms with Gasteiger partial charge in [-0.3, -0.25) is 9.78 Å². The molecule has 0 unspecified atom stereocenters. The van der Waals surface area contributed by atoms with E-state index in [2.05, 4.69) is 29.9 Å². The molecule has 9 nitrogen and oxygen atoms in total. The number of halogens is 3. The molecule has 0 radical (unpaired) electrons. The first kappa shape index (κ1) is 23.8. The van der Waals surface area contributed by atoms with Crippen LogP contribution in [0, 0.1) is 5.41 Å². The number of carbonyl (C=O) groups excluding carboxylic acids is 1. The van der Waals surface area contributed by atoms with Crippen molar-refractivity contribution in [2.75, 3.05) is 36.4 Å². The zero-order valence-electron chi connectivity index (χ0n) is 19.5. The largest absolute Gasteiger partial charge is 0.573 e. The highest BCUT2D eigenvalue weighted by atomic mass is 19.4. The third-order valence-electron chi connectivity index (χ3n) is 6.50. The Hall–Kier alpha value is -3.96. The van der Waals surface area contributed by atoms with E-state index < -0.39 is 6.36 Å². The van der Waals surface area contributed by atoms with Gasteiger partial charge in [0, 0.05) is 74.8 Å². The molecule has 1 amide bonds. The van der Waals surface area contributed by atoms with Crippen molar-refractivity contribution < 1.29 is 22.7 Å². The van der Waals surface area contributed by atoms with Crippen LogP contribution in [0.3, 0.4) is 0 Å². The topological polar surface area (TPSA) is 96.4 Å². The summed E-state index contributed by atoms with van der Waals surface area (Å²) < 4.78 is 41.9. The van der Waals surface area contributed by atoms with E-state index in [0.717, 1.165) is 51.2 Å². The molecule has 5 rings (SSSR count). The molecule has 0 aliphatic carbocycles. The van der Waals surface area contributed by atoms with E-state index in [4.69, 9.17) is 4.98 Å². The summed E-state index contributed by atoms with van der Waals surface area (Å²) in [6, 6.07) is 7.64. The molecule has 0 saturated carbocycles. The molecular weight excluding hydrogens is 475 g/mol. The van der Waals surface area contributed by atoms with Gasteiger partial charge in [-0.25, -0.2) is 15.0 Å². The minimum atomic E-state index is -4.80. The number of pyridine rings is 2. The van der Waals surface area contributed by atoms with Crippen LogP contribution < -0.4 is 15.0 Å². The highest BCUT2D eigenvalue weighted by Crippen LogP contribution is 2.41. The second-order valence-corrected chi connectivity index (χ2v) is 9.09. The first-order chi connectivity index (χ1) is 17.2. The van der Waals surface area contributed by atoms with Crippen molar-refractivity contribution >= 4 is 23.4 Å². The first-order valence-electron chi connectivity index (χ1n) is 11.5. The van der Waals surface area contributed by atoms with Crippen LogP contribution in [-0.4, -0.2) is 63.3 Å². The summed E-state index contributed by atoms with van der Waals surface area (Å²) >= 11 is 0. The Bertz CT molecular complexity index is 1240. The number of hydrogen-bond donors (Lipinski definition) is 1. The summed E-state index contributed by atoms with van der Waals surface area (Å²) in [6.07, 6.45) is 1.58. The van der Waals surface area contributed by atoms with Crippen LogP contribution in [0.25, 0.3) is 11.4 Å². The van der Waals surface area contributed by atoms with E-state index >= 15 is 0 Å². The van der Waals surface area contributed by atoms with Crippen LogP contribution >= 0.6 is 0 Å². The molecule has 3 aromatic rings. The fraction of sp³-hybridized carbons (Fsp3) is 0.375. The molecule has 0 atom stereocenters. The van der Waals surface area contributed by atoms with Crippen LogP contribution in [0.15, 0.2) is 48.9 Å². The van der Waals surface area contributed by atoms with Gasteiger partial charge >= 0.3 is 6.36 Å². The Morgan fingerprint density at radius 2 is 1.86 bits per heavy atom. The average Bonchev–Trinajstić information content (AvgIpc) is 2.82. The fourth-order valence-electron chi connectivity index (χ4n) is 4.60. The second kappa shape index (κ2) is 9.25. The number of piperidine rings is 1. The smallest absolute Gasteiger partial charge is 0.406 e. The van der Waals surface area contributed by atoms with Crippen molar-refractivity contribution in [2.45, 2.75) is 26.1 Å². The van der Waals surface area contributed by atoms with Crippen molar-refractivity contribution in [3.05, 3.63) is 48.9 Å². The van der Waals surface area contributed by atoms with Crippen molar-refractivity contribution in [3.8, 4) is 17.1 Å². The molecule has 1 N–H and O–H groups in total. The number of alkyl halides is 3. The predicted molar refractivity (Wildman–Crippen MR) is 126 cm³/mol. The summed E-state index contributed by atoms with van der Waals surface area (Å²) in [5, 5.41) is 2.98. The van der Waals surface area contributed by atoms with E-state index in [-0.39, 0.29) is 22.9 Å². The van der Waals surface area contributed by atoms with Gasteiger partial charge in [0.25, 0.3) is 0 Å². The maximum Gasteiger partial charge on any atom is 0.573 e. The van der Waals surface area contributed by atoms with Gasteiger partial charge in [-0.05, 0) is 31.0 Å².